The molecule has 0 radical (unpaired) electrons. The SMILES string of the molecule is O=C1NC(CO)C(Cc2ccccc2Cl)O1. The number of ether oxygens (including phenoxy) is 1. The number of rotatable bonds is 3. The molecule has 1 aromatic rings. The Labute approximate surface area is 98.2 Å². The number of cyclic esters (lactones) is 1. The summed E-state index contributed by atoms with van der Waals surface area (Å²) in [7, 11) is 0. The second-order valence-corrected chi connectivity index (χ2v) is 4.08. The van der Waals surface area contributed by atoms with Crippen molar-refractivity contribution in [2.45, 2.75) is 18.6 Å². The Kier molecular flexibility index (Phi) is 3.31. The van der Waals surface area contributed by atoms with Gasteiger partial charge < -0.3 is 15.2 Å². The van der Waals surface area contributed by atoms with Crippen molar-refractivity contribution in [1.82, 2.24) is 5.32 Å². The molecule has 0 saturated carbocycles. The van der Waals surface area contributed by atoms with Crippen molar-refractivity contribution < 1.29 is 14.6 Å². The lowest BCUT2D eigenvalue weighted by molar-refractivity contribution is 0.119. The number of halogens is 1. The number of carbonyl (C=O) groups is 1. The highest BCUT2D eigenvalue weighted by atomic mass is 35.5. The summed E-state index contributed by atoms with van der Waals surface area (Å²) in [5, 5.41) is 12.3. The Morgan fingerprint density at radius 1 is 1.44 bits per heavy atom. The van der Waals surface area contributed by atoms with Gasteiger partial charge in [-0.05, 0) is 11.6 Å². The van der Waals surface area contributed by atoms with Crippen molar-refractivity contribution in [2.24, 2.45) is 0 Å². The van der Waals surface area contributed by atoms with Crippen molar-refractivity contribution in [3.63, 3.8) is 0 Å². The summed E-state index contributed by atoms with van der Waals surface area (Å²) < 4.78 is 5.06. The van der Waals surface area contributed by atoms with Gasteiger partial charge in [-0.25, -0.2) is 4.79 Å². The zero-order valence-electron chi connectivity index (χ0n) is 8.52. The molecule has 0 aromatic heterocycles. The third-order valence-corrected chi connectivity index (χ3v) is 2.95. The van der Waals surface area contributed by atoms with Gasteiger partial charge >= 0.3 is 6.09 Å². The number of nitrogens with one attached hydrogen (secondary N) is 1. The van der Waals surface area contributed by atoms with Crippen molar-refractivity contribution in [3.8, 4) is 0 Å². The minimum atomic E-state index is -0.490. The molecule has 2 unspecified atom stereocenters. The van der Waals surface area contributed by atoms with Crippen LogP contribution >= 0.6 is 11.6 Å². The molecule has 1 fully saturated rings. The van der Waals surface area contributed by atoms with Crippen LogP contribution in [0.4, 0.5) is 4.79 Å². The molecular weight excluding hydrogens is 230 g/mol. The van der Waals surface area contributed by atoms with Gasteiger partial charge in [0, 0.05) is 11.4 Å². The Morgan fingerprint density at radius 2 is 2.19 bits per heavy atom. The lowest BCUT2D eigenvalue weighted by atomic mass is 10.0. The van der Waals surface area contributed by atoms with E-state index in [9.17, 15) is 4.79 Å². The molecule has 16 heavy (non-hydrogen) atoms. The van der Waals surface area contributed by atoms with Gasteiger partial charge in [0.1, 0.15) is 6.10 Å². The standard InChI is InChI=1S/C11H12ClNO3/c12-8-4-2-1-3-7(8)5-10-9(6-14)13-11(15)16-10/h1-4,9-10,14H,5-6H2,(H,13,15). The number of carbonyl (C=O) groups excluding carboxylic acids is 1. The quantitative estimate of drug-likeness (QED) is 0.840. The molecule has 1 aromatic carbocycles. The highest BCUT2D eigenvalue weighted by Gasteiger charge is 2.33. The number of aliphatic hydroxyl groups is 1. The molecule has 1 aliphatic rings. The van der Waals surface area contributed by atoms with E-state index in [0.29, 0.717) is 11.4 Å². The fourth-order valence-corrected chi connectivity index (χ4v) is 1.94. The van der Waals surface area contributed by atoms with Crippen molar-refractivity contribution in [1.29, 1.82) is 0 Å². The number of aliphatic hydroxyl groups excluding tert-OH is 1. The molecular formula is C11H12ClNO3. The summed E-state index contributed by atoms with van der Waals surface area (Å²) in [5.74, 6) is 0. The Bertz CT molecular complexity index is 397. The molecule has 1 aliphatic heterocycles. The lowest BCUT2D eigenvalue weighted by Gasteiger charge is -2.15. The highest BCUT2D eigenvalue weighted by Crippen LogP contribution is 2.20. The molecule has 1 heterocycles. The maximum Gasteiger partial charge on any atom is 0.407 e. The summed E-state index contributed by atoms with van der Waals surface area (Å²) in [4.78, 5) is 11.0. The highest BCUT2D eigenvalue weighted by molar-refractivity contribution is 6.31. The maximum atomic E-state index is 11.0. The second-order valence-electron chi connectivity index (χ2n) is 3.67. The molecule has 0 aliphatic carbocycles. The van der Waals surface area contributed by atoms with Crippen LogP contribution < -0.4 is 5.32 Å². The lowest BCUT2D eigenvalue weighted by Crippen LogP contribution is -2.36. The van der Waals surface area contributed by atoms with E-state index >= 15 is 0 Å². The molecule has 2 rings (SSSR count). The van der Waals surface area contributed by atoms with E-state index in [-0.39, 0.29) is 18.8 Å². The van der Waals surface area contributed by atoms with Crippen LogP contribution in [0.3, 0.4) is 0 Å². The van der Waals surface area contributed by atoms with Crippen molar-refractivity contribution in [2.75, 3.05) is 6.61 Å². The molecule has 0 bridgehead atoms. The van der Waals surface area contributed by atoms with E-state index in [2.05, 4.69) is 5.32 Å². The minimum Gasteiger partial charge on any atom is -0.444 e. The number of amides is 1. The zero-order chi connectivity index (χ0) is 11.5. The van der Waals surface area contributed by atoms with Crippen LogP contribution in [0.5, 0.6) is 0 Å². The summed E-state index contributed by atoms with van der Waals surface area (Å²) in [6.07, 6.45) is -0.350. The van der Waals surface area contributed by atoms with Crippen LogP contribution in [-0.4, -0.2) is 30.0 Å². The van der Waals surface area contributed by atoms with Gasteiger partial charge in [-0.1, -0.05) is 29.8 Å². The summed E-state index contributed by atoms with van der Waals surface area (Å²) in [6, 6.07) is 7.02. The van der Waals surface area contributed by atoms with Crippen LogP contribution in [0, 0.1) is 0 Å². The van der Waals surface area contributed by atoms with Crippen LogP contribution in [0.25, 0.3) is 0 Å². The summed E-state index contributed by atoms with van der Waals surface area (Å²) in [6.45, 7) is -0.138. The minimum absolute atomic E-state index is 0.138. The van der Waals surface area contributed by atoms with Crippen LogP contribution in [0.15, 0.2) is 24.3 Å². The largest absolute Gasteiger partial charge is 0.444 e. The zero-order valence-corrected chi connectivity index (χ0v) is 9.28. The van der Waals surface area contributed by atoms with E-state index in [1.54, 1.807) is 6.07 Å². The number of alkyl carbamates (subject to hydrolysis) is 1. The average Bonchev–Trinajstić information content (AvgIpc) is 2.62. The number of benzene rings is 1. The predicted octanol–water partition coefficient (Wildman–Crippen LogP) is 1.35. The van der Waals surface area contributed by atoms with Crippen molar-refractivity contribution >= 4 is 17.7 Å². The van der Waals surface area contributed by atoms with Crippen LogP contribution in [-0.2, 0) is 11.2 Å². The van der Waals surface area contributed by atoms with Gasteiger partial charge in [-0.3, -0.25) is 0 Å². The van der Waals surface area contributed by atoms with Crippen LogP contribution in [0.1, 0.15) is 5.56 Å². The van der Waals surface area contributed by atoms with Gasteiger partial charge in [-0.15, -0.1) is 0 Å². The van der Waals surface area contributed by atoms with Gasteiger partial charge in [0.05, 0.1) is 12.6 Å². The van der Waals surface area contributed by atoms with E-state index in [0.717, 1.165) is 5.56 Å². The fourth-order valence-electron chi connectivity index (χ4n) is 1.73. The molecule has 0 spiro atoms. The second kappa shape index (κ2) is 4.72. The first-order chi connectivity index (χ1) is 7.70. The first-order valence-corrected chi connectivity index (χ1v) is 5.40. The molecule has 4 nitrogen and oxygen atoms in total. The van der Waals surface area contributed by atoms with E-state index in [1.807, 2.05) is 18.2 Å². The Balaban J connectivity index is 2.10. The topological polar surface area (TPSA) is 58.6 Å². The van der Waals surface area contributed by atoms with E-state index in [4.69, 9.17) is 21.4 Å². The number of hydrogen-bond acceptors (Lipinski definition) is 3. The molecule has 2 N–H and O–H groups in total. The van der Waals surface area contributed by atoms with Crippen molar-refractivity contribution in [3.05, 3.63) is 34.9 Å². The summed E-state index contributed by atoms with van der Waals surface area (Å²) >= 11 is 6.01. The summed E-state index contributed by atoms with van der Waals surface area (Å²) in [5.41, 5.74) is 0.907. The van der Waals surface area contributed by atoms with Crippen LogP contribution in [0.2, 0.25) is 5.02 Å². The first kappa shape index (κ1) is 11.2. The third kappa shape index (κ3) is 2.28. The fraction of sp³-hybridized carbons (Fsp3) is 0.364. The molecule has 86 valence electrons. The Hall–Kier alpha value is -1.26. The Morgan fingerprint density at radius 3 is 2.88 bits per heavy atom. The third-order valence-electron chi connectivity index (χ3n) is 2.59. The normalized spacial score (nSPS) is 24.0. The number of hydrogen-bond donors (Lipinski definition) is 2. The van der Waals surface area contributed by atoms with Gasteiger partial charge in [0.15, 0.2) is 0 Å². The molecule has 2 atom stereocenters. The maximum absolute atomic E-state index is 11.0. The van der Waals surface area contributed by atoms with E-state index < -0.39 is 6.09 Å². The molecule has 1 saturated heterocycles. The van der Waals surface area contributed by atoms with Gasteiger partial charge in [-0.2, -0.15) is 0 Å². The average molecular weight is 242 g/mol. The van der Waals surface area contributed by atoms with Gasteiger partial charge in [0.25, 0.3) is 0 Å². The molecule has 1 amide bonds. The van der Waals surface area contributed by atoms with E-state index in [1.165, 1.54) is 0 Å². The monoisotopic (exact) mass is 241 g/mol. The predicted molar refractivity (Wildman–Crippen MR) is 59.4 cm³/mol. The smallest absolute Gasteiger partial charge is 0.407 e. The first-order valence-electron chi connectivity index (χ1n) is 5.02. The van der Waals surface area contributed by atoms with Gasteiger partial charge in [0.2, 0.25) is 0 Å². The molecule has 5 heteroatoms.